The molecule has 1 unspecified atom stereocenters. The highest BCUT2D eigenvalue weighted by molar-refractivity contribution is 5.57. The molecular weight excluding hydrogens is 232 g/mol. The summed E-state index contributed by atoms with van der Waals surface area (Å²) >= 11 is 0. The molecule has 0 fully saturated rings. The molecule has 3 heteroatoms. The molecule has 3 rings (SSSR count). The summed E-state index contributed by atoms with van der Waals surface area (Å²) in [5, 5.41) is 3.26. The molecule has 0 saturated carbocycles. The van der Waals surface area contributed by atoms with Gasteiger partial charge in [-0.2, -0.15) is 0 Å². The first-order valence-corrected chi connectivity index (χ1v) is 6.03. The molecule has 18 heavy (non-hydrogen) atoms. The van der Waals surface area contributed by atoms with Crippen molar-refractivity contribution >= 4 is 5.69 Å². The highest BCUT2D eigenvalue weighted by Crippen LogP contribution is 2.36. The SMILES string of the molecule is Fc1ccc(C2CCNc3ccc(F)cc32)cc1. The summed E-state index contributed by atoms with van der Waals surface area (Å²) in [7, 11) is 0. The van der Waals surface area contributed by atoms with E-state index in [9.17, 15) is 8.78 Å². The minimum atomic E-state index is -0.243. The summed E-state index contributed by atoms with van der Waals surface area (Å²) in [4.78, 5) is 0. The maximum absolute atomic E-state index is 13.4. The normalized spacial score (nSPS) is 18.0. The second kappa shape index (κ2) is 4.41. The fraction of sp³-hybridized carbons (Fsp3) is 0.200. The predicted octanol–water partition coefficient (Wildman–Crippen LogP) is 3.91. The van der Waals surface area contributed by atoms with Crippen molar-refractivity contribution in [3.63, 3.8) is 0 Å². The van der Waals surface area contributed by atoms with Gasteiger partial charge in [0.05, 0.1) is 0 Å². The van der Waals surface area contributed by atoms with Crippen LogP contribution >= 0.6 is 0 Å². The summed E-state index contributed by atoms with van der Waals surface area (Å²) in [6.07, 6.45) is 0.891. The first-order valence-electron chi connectivity index (χ1n) is 6.03. The van der Waals surface area contributed by atoms with Gasteiger partial charge in [0.2, 0.25) is 0 Å². The third-order valence-electron chi connectivity index (χ3n) is 3.41. The predicted molar refractivity (Wildman–Crippen MR) is 67.7 cm³/mol. The Morgan fingerprint density at radius 3 is 2.44 bits per heavy atom. The molecule has 1 N–H and O–H groups in total. The second-order valence-electron chi connectivity index (χ2n) is 4.55. The van der Waals surface area contributed by atoms with Crippen molar-refractivity contribution in [3.05, 3.63) is 65.2 Å². The highest BCUT2D eigenvalue weighted by atomic mass is 19.1. The van der Waals surface area contributed by atoms with E-state index >= 15 is 0 Å². The van der Waals surface area contributed by atoms with Gasteiger partial charge >= 0.3 is 0 Å². The van der Waals surface area contributed by atoms with E-state index in [1.807, 2.05) is 0 Å². The number of hydrogen-bond donors (Lipinski definition) is 1. The van der Waals surface area contributed by atoms with Crippen LogP contribution in [0.2, 0.25) is 0 Å². The molecule has 0 aromatic heterocycles. The Balaban J connectivity index is 2.05. The van der Waals surface area contributed by atoms with E-state index in [2.05, 4.69) is 5.32 Å². The molecule has 1 aliphatic heterocycles. The minimum Gasteiger partial charge on any atom is -0.385 e. The summed E-state index contributed by atoms with van der Waals surface area (Å²) in [5.74, 6) is -0.339. The molecule has 0 aliphatic carbocycles. The van der Waals surface area contributed by atoms with Gasteiger partial charge in [-0.3, -0.25) is 0 Å². The Hall–Kier alpha value is -1.90. The van der Waals surface area contributed by atoms with Crippen LogP contribution in [-0.4, -0.2) is 6.54 Å². The van der Waals surface area contributed by atoms with Crippen LogP contribution in [0, 0.1) is 11.6 Å². The number of rotatable bonds is 1. The Morgan fingerprint density at radius 1 is 0.944 bits per heavy atom. The van der Waals surface area contributed by atoms with Crippen LogP contribution in [0.15, 0.2) is 42.5 Å². The third-order valence-corrected chi connectivity index (χ3v) is 3.41. The Bertz CT molecular complexity index is 563. The largest absolute Gasteiger partial charge is 0.385 e. The Labute approximate surface area is 104 Å². The molecule has 2 aromatic rings. The van der Waals surface area contributed by atoms with Gasteiger partial charge in [0.15, 0.2) is 0 Å². The molecule has 0 radical (unpaired) electrons. The van der Waals surface area contributed by atoms with Gasteiger partial charge in [-0.1, -0.05) is 12.1 Å². The van der Waals surface area contributed by atoms with Crippen LogP contribution in [0.5, 0.6) is 0 Å². The molecule has 92 valence electrons. The molecule has 0 saturated heterocycles. The smallest absolute Gasteiger partial charge is 0.123 e. The monoisotopic (exact) mass is 245 g/mol. The number of fused-ring (bicyclic) bond motifs is 1. The molecule has 1 atom stereocenters. The van der Waals surface area contributed by atoms with Crippen molar-refractivity contribution in [2.75, 3.05) is 11.9 Å². The summed E-state index contributed by atoms with van der Waals surface area (Å²) in [5.41, 5.74) is 2.95. The van der Waals surface area contributed by atoms with Crippen molar-refractivity contribution in [1.29, 1.82) is 0 Å². The van der Waals surface area contributed by atoms with E-state index in [0.717, 1.165) is 29.8 Å². The van der Waals surface area contributed by atoms with Crippen molar-refractivity contribution in [2.24, 2.45) is 0 Å². The van der Waals surface area contributed by atoms with Gasteiger partial charge in [-0.25, -0.2) is 8.78 Å². The molecule has 0 amide bonds. The number of halogens is 2. The summed E-state index contributed by atoms with van der Waals surface area (Å²) in [6.45, 7) is 0.848. The van der Waals surface area contributed by atoms with Gasteiger partial charge in [0.25, 0.3) is 0 Å². The minimum absolute atomic E-state index is 0.137. The van der Waals surface area contributed by atoms with Crippen LogP contribution in [0.25, 0.3) is 0 Å². The van der Waals surface area contributed by atoms with Crippen molar-refractivity contribution in [2.45, 2.75) is 12.3 Å². The summed E-state index contributed by atoms with van der Waals surface area (Å²) < 4.78 is 26.3. The molecule has 0 bridgehead atoms. The lowest BCUT2D eigenvalue weighted by atomic mass is 9.85. The van der Waals surface area contributed by atoms with E-state index in [-0.39, 0.29) is 17.6 Å². The lowest BCUT2D eigenvalue weighted by Gasteiger charge is -2.27. The molecular formula is C15H13F2N. The van der Waals surface area contributed by atoms with Crippen LogP contribution in [0.3, 0.4) is 0 Å². The number of nitrogens with one attached hydrogen (secondary N) is 1. The van der Waals surface area contributed by atoms with E-state index in [1.54, 1.807) is 24.3 Å². The van der Waals surface area contributed by atoms with Crippen LogP contribution < -0.4 is 5.32 Å². The lowest BCUT2D eigenvalue weighted by Crippen LogP contribution is -2.17. The van der Waals surface area contributed by atoms with Crippen molar-refractivity contribution < 1.29 is 8.78 Å². The summed E-state index contributed by atoms with van der Waals surface area (Å²) in [6, 6.07) is 11.3. The first-order chi connectivity index (χ1) is 8.74. The van der Waals surface area contributed by atoms with Gasteiger partial charge in [0, 0.05) is 18.2 Å². The number of benzene rings is 2. The van der Waals surface area contributed by atoms with E-state index in [0.29, 0.717) is 0 Å². The van der Waals surface area contributed by atoms with E-state index in [1.165, 1.54) is 18.2 Å². The second-order valence-corrected chi connectivity index (χ2v) is 4.55. The fourth-order valence-electron chi connectivity index (χ4n) is 2.53. The molecule has 1 aliphatic rings. The van der Waals surface area contributed by atoms with Gasteiger partial charge in [-0.15, -0.1) is 0 Å². The van der Waals surface area contributed by atoms with E-state index < -0.39 is 0 Å². The zero-order valence-electron chi connectivity index (χ0n) is 9.79. The van der Waals surface area contributed by atoms with Crippen molar-refractivity contribution in [3.8, 4) is 0 Å². The van der Waals surface area contributed by atoms with Crippen molar-refractivity contribution in [1.82, 2.24) is 0 Å². The molecule has 0 spiro atoms. The van der Waals surface area contributed by atoms with Crippen LogP contribution in [0.1, 0.15) is 23.5 Å². The van der Waals surface area contributed by atoms with Gasteiger partial charge in [0.1, 0.15) is 11.6 Å². The lowest BCUT2D eigenvalue weighted by molar-refractivity contribution is 0.616. The zero-order valence-corrected chi connectivity index (χ0v) is 9.79. The maximum Gasteiger partial charge on any atom is 0.123 e. The topological polar surface area (TPSA) is 12.0 Å². The number of anilines is 1. The van der Waals surface area contributed by atoms with Crippen LogP contribution in [0.4, 0.5) is 14.5 Å². The molecule has 2 aromatic carbocycles. The van der Waals surface area contributed by atoms with Crippen LogP contribution in [-0.2, 0) is 0 Å². The fourth-order valence-corrected chi connectivity index (χ4v) is 2.53. The Morgan fingerprint density at radius 2 is 1.67 bits per heavy atom. The molecule has 1 heterocycles. The first kappa shape index (κ1) is 11.2. The average molecular weight is 245 g/mol. The third kappa shape index (κ3) is 1.96. The number of hydrogen-bond acceptors (Lipinski definition) is 1. The zero-order chi connectivity index (χ0) is 12.5. The van der Waals surface area contributed by atoms with Gasteiger partial charge in [-0.05, 0) is 47.9 Å². The highest BCUT2D eigenvalue weighted by Gasteiger charge is 2.22. The average Bonchev–Trinajstić information content (AvgIpc) is 2.39. The van der Waals surface area contributed by atoms with Gasteiger partial charge < -0.3 is 5.32 Å². The maximum atomic E-state index is 13.4. The van der Waals surface area contributed by atoms with E-state index in [4.69, 9.17) is 0 Å². The Kier molecular flexibility index (Phi) is 2.74. The molecule has 1 nitrogen and oxygen atoms in total. The standard InChI is InChI=1S/C15H13F2N/c16-11-3-1-10(2-4-11)13-7-8-18-15-6-5-12(17)9-14(13)15/h1-6,9,13,18H,7-8H2. The quantitative estimate of drug-likeness (QED) is 0.803.